The van der Waals surface area contributed by atoms with Crippen LogP contribution >= 0.6 is 0 Å². The molecule has 30 heavy (non-hydrogen) atoms. The summed E-state index contributed by atoms with van der Waals surface area (Å²) in [7, 11) is -8.72. The van der Waals surface area contributed by atoms with Crippen LogP contribution in [0.5, 0.6) is 0 Å². The maximum Gasteiger partial charge on any atom is 1.00 e. The summed E-state index contributed by atoms with van der Waals surface area (Å²) in [5, 5.41) is 0. The minimum Gasteiger partial charge on any atom is -0.744 e. The average molecular weight is 455 g/mol. The Labute approximate surface area is 198 Å². The van der Waals surface area contributed by atoms with Gasteiger partial charge in [-0.1, -0.05) is 60.7 Å². The third-order valence-electron chi connectivity index (χ3n) is 4.41. The largest absolute Gasteiger partial charge is 1.00 e. The minimum absolute atomic E-state index is 0. The number of sulfonamides is 1. The molecule has 0 unspecified atom stereocenters. The summed E-state index contributed by atoms with van der Waals surface area (Å²) in [4.78, 5) is -0.678. The van der Waals surface area contributed by atoms with Gasteiger partial charge in [0.15, 0.2) is 0 Å². The van der Waals surface area contributed by atoms with E-state index in [1.54, 1.807) is 24.3 Å². The molecule has 3 aromatic carbocycles. The molecule has 0 fully saturated rings. The topological polar surface area (TPSA) is 129 Å². The fraction of sp³-hybridized carbons (Fsp3) is 0.100. The summed E-state index contributed by atoms with van der Waals surface area (Å²) in [5.41, 5.74) is 7.81. The molecule has 2 atom stereocenters. The van der Waals surface area contributed by atoms with Crippen molar-refractivity contribution in [3.8, 4) is 0 Å². The van der Waals surface area contributed by atoms with E-state index >= 15 is 0 Å². The van der Waals surface area contributed by atoms with Crippen molar-refractivity contribution < 1.29 is 50.9 Å². The fourth-order valence-corrected chi connectivity index (χ4v) is 4.61. The van der Waals surface area contributed by atoms with Crippen LogP contribution in [0.1, 0.15) is 23.2 Å². The van der Waals surface area contributed by atoms with Crippen molar-refractivity contribution in [3.63, 3.8) is 0 Å². The first-order valence-corrected chi connectivity index (χ1v) is 11.5. The van der Waals surface area contributed by atoms with Crippen LogP contribution in [0.4, 0.5) is 0 Å². The second-order valence-corrected chi connectivity index (χ2v) is 9.47. The smallest absolute Gasteiger partial charge is 0.744 e. The standard InChI is InChI=1S/C20H20N2O5S2.Na/c21-19(15-7-3-1-4-8-15)20(16-9-5-2-6-10-16)22-28(23,24)17-11-13-18(14-12-17)29(25,26)27;/h1-14,19-20,22H,21H2,(H,25,26,27);/q;+1/p-1/t19-,20-;/m0./s1. The van der Waals surface area contributed by atoms with Crippen molar-refractivity contribution in [2.75, 3.05) is 0 Å². The molecule has 0 aliphatic carbocycles. The zero-order chi connectivity index (χ0) is 21.1. The van der Waals surface area contributed by atoms with Gasteiger partial charge in [-0.25, -0.2) is 21.6 Å². The predicted octanol–water partition coefficient (Wildman–Crippen LogP) is -0.686. The first kappa shape index (κ1) is 24.7. The summed E-state index contributed by atoms with van der Waals surface area (Å²) in [6.07, 6.45) is 0. The zero-order valence-electron chi connectivity index (χ0n) is 16.2. The molecule has 3 N–H and O–H groups in total. The molecule has 0 aliphatic heterocycles. The summed E-state index contributed by atoms with van der Waals surface area (Å²) < 4.78 is 61.6. The number of hydrogen-bond acceptors (Lipinski definition) is 6. The molecule has 0 amide bonds. The molecule has 0 radical (unpaired) electrons. The van der Waals surface area contributed by atoms with E-state index in [0.29, 0.717) is 5.56 Å². The van der Waals surface area contributed by atoms with Crippen LogP contribution < -0.4 is 40.0 Å². The first-order chi connectivity index (χ1) is 13.7. The number of hydrogen-bond donors (Lipinski definition) is 2. The van der Waals surface area contributed by atoms with Crippen molar-refractivity contribution >= 4 is 20.1 Å². The van der Waals surface area contributed by atoms with Crippen LogP contribution in [0.2, 0.25) is 0 Å². The van der Waals surface area contributed by atoms with E-state index < -0.39 is 37.1 Å². The van der Waals surface area contributed by atoms with Crippen molar-refractivity contribution in [2.24, 2.45) is 5.73 Å². The van der Waals surface area contributed by atoms with Gasteiger partial charge in [0.25, 0.3) is 0 Å². The molecule has 0 spiro atoms. The van der Waals surface area contributed by atoms with Crippen LogP contribution in [0.3, 0.4) is 0 Å². The second kappa shape index (κ2) is 10.2. The Morgan fingerprint density at radius 2 is 1.13 bits per heavy atom. The molecular weight excluding hydrogens is 435 g/mol. The molecule has 10 heteroatoms. The maximum absolute atomic E-state index is 12.9. The van der Waals surface area contributed by atoms with Gasteiger partial charge in [0, 0.05) is 0 Å². The molecule has 0 aromatic heterocycles. The maximum atomic E-state index is 12.9. The molecule has 0 heterocycles. The second-order valence-electron chi connectivity index (χ2n) is 6.37. The van der Waals surface area contributed by atoms with Gasteiger partial charge in [-0.15, -0.1) is 0 Å². The third-order valence-corrected chi connectivity index (χ3v) is 6.71. The number of benzene rings is 3. The van der Waals surface area contributed by atoms with Gasteiger partial charge in [-0.2, -0.15) is 0 Å². The van der Waals surface area contributed by atoms with E-state index in [-0.39, 0.29) is 34.5 Å². The molecule has 7 nitrogen and oxygen atoms in total. The summed E-state index contributed by atoms with van der Waals surface area (Å²) >= 11 is 0. The van der Waals surface area contributed by atoms with E-state index in [9.17, 15) is 21.4 Å². The summed E-state index contributed by atoms with van der Waals surface area (Å²) in [5.74, 6) is 0. The van der Waals surface area contributed by atoms with Crippen molar-refractivity contribution in [2.45, 2.75) is 21.9 Å². The zero-order valence-corrected chi connectivity index (χ0v) is 19.8. The van der Waals surface area contributed by atoms with E-state index in [1.165, 1.54) is 0 Å². The van der Waals surface area contributed by atoms with Crippen LogP contribution in [0.15, 0.2) is 94.7 Å². The number of nitrogens with one attached hydrogen (secondary N) is 1. The minimum atomic E-state index is -4.67. The Bertz CT molecular complexity index is 1170. The SMILES string of the molecule is N[C@@H](c1ccccc1)[C@@H](NS(=O)(=O)c1ccc(S(=O)(=O)[O-])cc1)c1ccccc1.[Na+]. The molecule has 0 saturated carbocycles. The van der Waals surface area contributed by atoms with Gasteiger partial charge in [0.05, 0.1) is 21.9 Å². The van der Waals surface area contributed by atoms with Crippen molar-refractivity contribution in [1.82, 2.24) is 4.72 Å². The molecule has 3 rings (SSSR count). The Balaban J connectivity index is 0.00000320. The quantitative estimate of drug-likeness (QED) is 0.359. The van der Waals surface area contributed by atoms with Gasteiger partial charge in [-0.05, 0) is 35.4 Å². The Morgan fingerprint density at radius 1 is 0.700 bits per heavy atom. The van der Waals surface area contributed by atoms with E-state index in [2.05, 4.69) is 4.72 Å². The average Bonchev–Trinajstić information content (AvgIpc) is 2.72. The predicted molar refractivity (Wildman–Crippen MR) is 107 cm³/mol. The molecule has 0 bridgehead atoms. The summed E-state index contributed by atoms with van der Waals surface area (Å²) in [6.45, 7) is 0. The normalized spacial score (nSPS) is 13.8. The van der Waals surface area contributed by atoms with Crippen molar-refractivity contribution in [1.29, 1.82) is 0 Å². The van der Waals surface area contributed by atoms with Gasteiger partial charge in [-0.3, -0.25) is 0 Å². The van der Waals surface area contributed by atoms with Crippen LogP contribution in [-0.2, 0) is 20.1 Å². The van der Waals surface area contributed by atoms with Crippen LogP contribution in [0.25, 0.3) is 0 Å². The Kier molecular flexibility index (Phi) is 8.37. The van der Waals surface area contributed by atoms with Crippen LogP contribution in [-0.4, -0.2) is 21.4 Å². The third kappa shape index (κ3) is 5.99. The van der Waals surface area contributed by atoms with Crippen LogP contribution in [0, 0.1) is 0 Å². The molecule has 0 aliphatic rings. The monoisotopic (exact) mass is 454 g/mol. The molecule has 3 aromatic rings. The van der Waals surface area contributed by atoms with E-state index in [4.69, 9.17) is 5.73 Å². The fourth-order valence-electron chi connectivity index (χ4n) is 2.90. The molecule has 152 valence electrons. The summed E-state index contributed by atoms with van der Waals surface area (Å²) in [6, 6.07) is 20.6. The Morgan fingerprint density at radius 3 is 1.60 bits per heavy atom. The number of rotatable bonds is 7. The van der Waals surface area contributed by atoms with Crippen molar-refractivity contribution in [3.05, 3.63) is 96.1 Å². The van der Waals surface area contributed by atoms with Gasteiger partial charge < -0.3 is 10.3 Å². The van der Waals surface area contributed by atoms with Gasteiger partial charge >= 0.3 is 29.6 Å². The Hall–Kier alpha value is -1.56. The molecular formula is C20H19N2NaO5S2. The van der Waals surface area contributed by atoms with E-state index in [0.717, 1.165) is 29.8 Å². The van der Waals surface area contributed by atoms with E-state index in [1.807, 2.05) is 36.4 Å². The first-order valence-electron chi connectivity index (χ1n) is 8.62. The molecule has 0 saturated heterocycles. The van der Waals surface area contributed by atoms with Gasteiger partial charge in [0.1, 0.15) is 10.1 Å². The van der Waals surface area contributed by atoms with Gasteiger partial charge in [0.2, 0.25) is 10.0 Å². The number of nitrogens with two attached hydrogens (primary N) is 1.